The van der Waals surface area contributed by atoms with E-state index in [1.54, 1.807) is 24.3 Å². The van der Waals surface area contributed by atoms with E-state index in [0.29, 0.717) is 16.7 Å². The van der Waals surface area contributed by atoms with Crippen molar-refractivity contribution < 1.29 is 24.0 Å². The van der Waals surface area contributed by atoms with Crippen LogP contribution >= 0.6 is 0 Å². The van der Waals surface area contributed by atoms with Gasteiger partial charge in [-0.25, -0.2) is 4.79 Å². The minimum Gasteiger partial charge on any atom is -0.424 e. The molecule has 0 N–H and O–H groups in total. The van der Waals surface area contributed by atoms with Crippen molar-refractivity contribution in [1.82, 2.24) is 0 Å². The summed E-state index contributed by atoms with van der Waals surface area (Å²) in [5.41, 5.74) is 2.32. The number of ether oxygens (including phenoxy) is 1. The molecular formula is C19H19NO5. The molecule has 1 aliphatic carbocycles. The molecule has 0 saturated heterocycles. The number of hydrogen-bond donors (Lipinski definition) is 0. The highest BCUT2D eigenvalue weighted by atomic mass is 16.7. The number of Topliss-reactive ketones (excluding diaryl/α,β-unsaturated/α-hetero) is 1. The highest BCUT2D eigenvalue weighted by Gasteiger charge is 2.33. The molecule has 0 spiro atoms. The molecule has 2 rings (SSSR count). The third-order valence-electron chi connectivity index (χ3n) is 3.42. The Morgan fingerprint density at radius 3 is 2.24 bits per heavy atom. The van der Waals surface area contributed by atoms with E-state index in [9.17, 15) is 14.4 Å². The molecule has 0 radical (unpaired) electrons. The fraction of sp³-hybridized carbons (Fsp3) is 0.263. The third kappa shape index (κ3) is 4.29. The van der Waals surface area contributed by atoms with Crippen LogP contribution in [0.15, 0.2) is 52.4 Å². The van der Waals surface area contributed by atoms with Crippen LogP contribution in [0.2, 0.25) is 0 Å². The lowest BCUT2D eigenvalue weighted by Crippen LogP contribution is -2.25. The number of ketones is 1. The second-order valence-corrected chi connectivity index (χ2v) is 5.78. The Hall–Kier alpha value is -3.02. The zero-order chi connectivity index (χ0) is 18.6. The summed E-state index contributed by atoms with van der Waals surface area (Å²) in [4.78, 5) is 40.3. The van der Waals surface area contributed by atoms with E-state index in [1.165, 1.54) is 13.8 Å². The molecule has 0 fully saturated rings. The number of nitrogens with zero attached hydrogens (tertiary/aromatic N) is 1. The van der Waals surface area contributed by atoms with E-state index in [0.717, 1.165) is 5.57 Å². The van der Waals surface area contributed by atoms with Crippen LogP contribution in [0.4, 0.5) is 0 Å². The molecule has 1 aliphatic rings. The summed E-state index contributed by atoms with van der Waals surface area (Å²) in [6, 6.07) is 6.78. The van der Waals surface area contributed by atoms with Gasteiger partial charge in [-0.3, -0.25) is 9.59 Å². The van der Waals surface area contributed by atoms with Gasteiger partial charge in [-0.05, 0) is 20.3 Å². The summed E-state index contributed by atoms with van der Waals surface area (Å²) >= 11 is 0. The lowest BCUT2D eigenvalue weighted by atomic mass is 9.86. The molecule has 6 nitrogen and oxygen atoms in total. The molecule has 0 aromatic heterocycles. The van der Waals surface area contributed by atoms with E-state index in [-0.39, 0.29) is 23.7 Å². The molecule has 25 heavy (non-hydrogen) atoms. The lowest BCUT2D eigenvalue weighted by molar-refractivity contribution is -0.140. The molecule has 6 heteroatoms. The van der Waals surface area contributed by atoms with Gasteiger partial charge in [0.2, 0.25) is 0 Å². The largest absolute Gasteiger partial charge is 0.424 e. The highest BCUT2D eigenvalue weighted by molar-refractivity contribution is 6.28. The Morgan fingerprint density at radius 2 is 1.68 bits per heavy atom. The first-order chi connectivity index (χ1) is 11.8. The van der Waals surface area contributed by atoms with Gasteiger partial charge >= 0.3 is 11.9 Å². The van der Waals surface area contributed by atoms with Crippen LogP contribution in [-0.4, -0.2) is 23.4 Å². The summed E-state index contributed by atoms with van der Waals surface area (Å²) in [5.74, 6) is -1.43. The molecule has 0 atom stereocenters. The molecule has 1 aromatic rings. The zero-order valence-corrected chi connectivity index (χ0v) is 14.6. The first-order valence-corrected chi connectivity index (χ1v) is 7.76. The summed E-state index contributed by atoms with van der Waals surface area (Å²) in [7, 11) is 0. The maximum atomic E-state index is 12.9. The number of fused-ring (bicyclic) bond motifs is 1. The molecule has 1 aromatic carbocycles. The van der Waals surface area contributed by atoms with Crippen molar-refractivity contribution >= 4 is 23.4 Å². The number of carbonyl (C=O) groups excluding carboxylic acids is 3. The molecular weight excluding hydrogens is 322 g/mol. The minimum absolute atomic E-state index is 0.0231. The minimum atomic E-state index is -0.616. The van der Waals surface area contributed by atoms with Crippen LogP contribution in [0, 0.1) is 0 Å². The van der Waals surface area contributed by atoms with Gasteiger partial charge in [0.15, 0.2) is 17.3 Å². The first-order valence-electron chi connectivity index (χ1n) is 7.76. The first kappa shape index (κ1) is 18.3. The van der Waals surface area contributed by atoms with Gasteiger partial charge in [-0.1, -0.05) is 41.1 Å². The maximum absolute atomic E-state index is 12.9. The Balaban J connectivity index is 2.69. The molecule has 0 bridgehead atoms. The number of oxime groups is 1. The maximum Gasteiger partial charge on any atom is 0.332 e. The number of esters is 1. The normalized spacial score (nSPS) is 14.9. The molecule has 0 aliphatic heterocycles. The average molecular weight is 341 g/mol. The average Bonchev–Trinajstić information content (AvgIpc) is 2.53. The van der Waals surface area contributed by atoms with Crippen molar-refractivity contribution in [3.05, 3.63) is 58.4 Å². The summed E-state index contributed by atoms with van der Waals surface area (Å²) < 4.78 is 5.28. The smallest absolute Gasteiger partial charge is 0.332 e. The number of benzene rings is 1. The summed E-state index contributed by atoms with van der Waals surface area (Å²) in [5, 5.41) is 3.83. The van der Waals surface area contributed by atoms with Crippen molar-refractivity contribution in [2.24, 2.45) is 5.16 Å². The predicted molar refractivity (Wildman–Crippen MR) is 91.9 cm³/mol. The Labute approximate surface area is 145 Å². The summed E-state index contributed by atoms with van der Waals surface area (Å²) in [6.07, 6.45) is 2.13. The Kier molecular flexibility index (Phi) is 5.64. The quantitative estimate of drug-likeness (QED) is 0.363. The van der Waals surface area contributed by atoms with Gasteiger partial charge in [0.1, 0.15) is 0 Å². The van der Waals surface area contributed by atoms with Crippen LogP contribution in [0.1, 0.15) is 50.0 Å². The van der Waals surface area contributed by atoms with Gasteiger partial charge in [0.25, 0.3) is 0 Å². The van der Waals surface area contributed by atoms with E-state index >= 15 is 0 Å². The number of allylic oxidation sites excluding steroid dienone is 4. The molecule has 0 saturated carbocycles. The van der Waals surface area contributed by atoms with E-state index in [1.807, 2.05) is 19.9 Å². The van der Waals surface area contributed by atoms with Crippen LogP contribution in [0.5, 0.6) is 0 Å². The van der Waals surface area contributed by atoms with Crippen molar-refractivity contribution in [2.75, 3.05) is 0 Å². The van der Waals surface area contributed by atoms with Crippen molar-refractivity contribution in [1.29, 1.82) is 0 Å². The van der Waals surface area contributed by atoms with Crippen molar-refractivity contribution in [3.63, 3.8) is 0 Å². The van der Waals surface area contributed by atoms with E-state index in [2.05, 4.69) is 5.16 Å². The van der Waals surface area contributed by atoms with Gasteiger partial charge in [-0.15, -0.1) is 0 Å². The molecule has 0 amide bonds. The number of rotatable bonds is 4. The van der Waals surface area contributed by atoms with Crippen LogP contribution < -0.4 is 0 Å². The molecule has 0 unspecified atom stereocenters. The fourth-order valence-electron chi connectivity index (χ4n) is 2.36. The van der Waals surface area contributed by atoms with Crippen LogP contribution in [0.3, 0.4) is 0 Å². The predicted octanol–water partition coefficient (Wildman–Crippen LogP) is 3.32. The number of carbonyl (C=O) groups is 3. The Morgan fingerprint density at radius 1 is 1.04 bits per heavy atom. The van der Waals surface area contributed by atoms with E-state index < -0.39 is 11.9 Å². The second kappa shape index (κ2) is 7.70. The fourth-order valence-corrected chi connectivity index (χ4v) is 2.36. The van der Waals surface area contributed by atoms with Gasteiger partial charge in [-0.2, -0.15) is 0 Å². The molecule has 130 valence electrons. The topological polar surface area (TPSA) is 82.0 Å². The second-order valence-electron chi connectivity index (χ2n) is 5.78. The van der Waals surface area contributed by atoms with Crippen LogP contribution in [-0.2, 0) is 19.2 Å². The molecule has 0 heterocycles. The van der Waals surface area contributed by atoms with Crippen molar-refractivity contribution in [3.8, 4) is 0 Å². The lowest BCUT2D eigenvalue weighted by Gasteiger charge is -2.21. The number of hydrogen-bond acceptors (Lipinski definition) is 6. The van der Waals surface area contributed by atoms with Gasteiger partial charge in [0.05, 0.1) is 0 Å². The van der Waals surface area contributed by atoms with Gasteiger partial charge < -0.3 is 9.57 Å². The van der Waals surface area contributed by atoms with Gasteiger partial charge in [0, 0.05) is 30.5 Å². The van der Waals surface area contributed by atoms with Crippen LogP contribution in [0.25, 0.3) is 0 Å². The van der Waals surface area contributed by atoms with E-state index in [4.69, 9.17) is 9.57 Å². The highest BCUT2D eigenvalue weighted by Crippen LogP contribution is 2.30. The van der Waals surface area contributed by atoms with Crippen molar-refractivity contribution in [2.45, 2.75) is 34.1 Å². The third-order valence-corrected chi connectivity index (χ3v) is 3.42. The SMILES string of the molecule is CC(=O)O/N=C1\C(OC(C)=O)=C(CC=C(C)C)C(=O)c2ccccc21. The Bertz CT molecular complexity index is 826. The monoisotopic (exact) mass is 341 g/mol. The zero-order valence-electron chi connectivity index (χ0n) is 14.6. The standard InChI is InChI=1S/C19H19NO5/c1-11(2)9-10-16-18(23)15-8-6-5-7-14(15)17(20-25-13(4)22)19(16)24-12(3)21/h5-9H,10H2,1-4H3/b20-17-. The summed E-state index contributed by atoms with van der Waals surface area (Å²) in [6.45, 7) is 6.26.